The molecule has 1 unspecified atom stereocenters. The Bertz CT molecular complexity index is 4270. The number of aliphatic imine (C=N–C) groups is 1. The number of hydrogen-bond donors (Lipinski definition) is 9. The van der Waals surface area contributed by atoms with Crippen molar-refractivity contribution in [2.75, 3.05) is 58.6 Å². The number of carbonyl (C=O) groups excluding carboxylic acids is 6. The number of benzene rings is 6. The van der Waals surface area contributed by atoms with Gasteiger partial charge in [0.2, 0.25) is 0 Å². The zero-order chi connectivity index (χ0) is 67.4. The van der Waals surface area contributed by atoms with Crippen molar-refractivity contribution in [3.63, 3.8) is 0 Å². The van der Waals surface area contributed by atoms with Crippen molar-refractivity contribution >= 4 is 135 Å². The van der Waals surface area contributed by atoms with Crippen LogP contribution in [0.5, 0.6) is 0 Å². The second-order valence-electron chi connectivity index (χ2n) is 21.7. The van der Waals surface area contributed by atoms with Crippen LogP contribution in [0.4, 0.5) is 34.5 Å². The second kappa shape index (κ2) is 33.3. The summed E-state index contributed by atoms with van der Waals surface area (Å²) >= 11 is 9.92. The van der Waals surface area contributed by atoms with Gasteiger partial charge in [-0.3, -0.25) is 44.6 Å². The summed E-state index contributed by atoms with van der Waals surface area (Å²) in [7, 11) is 1.60. The van der Waals surface area contributed by atoms with Crippen LogP contribution in [0.25, 0.3) is 0 Å². The van der Waals surface area contributed by atoms with E-state index in [4.69, 9.17) is 16.6 Å². The summed E-state index contributed by atoms with van der Waals surface area (Å²) in [6.45, 7) is 4.81. The van der Waals surface area contributed by atoms with E-state index in [2.05, 4.69) is 116 Å². The molecule has 21 nitrogen and oxygen atoms in total. The molecule has 6 amide bonds. The number of carbonyl (C=O) groups is 6. The van der Waals surface area contributed by atoms with Crippen molar-refractivity contribution in [3.05, 3.63) is 264 Å². The van der Waals surface area contributed by atoms with Gasteiger partial charge in [-0.15, -0.1) is 0 Å². The first-order chi connectivity index (χ1) is 45.9. The number of anilines is 6. The Morgan fingerprint density at radius 2 is 0.758 bits per heavy atom. The first-order valence-corrected chi connectivity index (χ1v) is 32.5. The van der Waals surface area contributed by atoms with E-state index in [-0.39, 0.29) is 35.4 Å². The molecule has 482 valence electrons. The van der Waals surface area contributed by atoms with E-state index in [0.717, 1.165) is 75.4 Å². The van der Waals surface area contributed by atoms with Gasteiger partial charge in [-0.05, 0) is 196 Å². The van der Waals surface area contributed by atoms with Crippen molar-refractivity contribution < 1.29 is 28.8 Å². The minimum atomic E-state index is -0.377. The molecule has 24 heteroatoms. The number of nitrogens with two attached hydrogens (primary N) is 1. The number of halogens is 3. The summed E-state index contributed by atoms with van der Waals surface area (Å²) in [5.74, 6) is 0.480. The molecule has 0 bridgehead atoms. The highest BCUT2D eigenvalue weighted by atomic mass is 79.9. The van der Waals surface area contributed by atoms with E-state index in [1.54, 1.807) is 208 Å². The zero-order valence-electron chi connectivity index (χ0n) is 51.6. The van der Waals surface area contributed by atoms with Crippen LogP contribution in [0.2, 0.25) is 0 Å². The molecule has 0 radical (unpaired) electrons. The van der Waals surface area contributed by atoms with Gasteiger partial charge in [0.25, 0.3) is 35.4 Å². The molecule has 95 heavy (non-hydrogen) atoms. The first-order valence-electron chi connectivity index (χ1n) is 30.1. The molecule has 11 rings (SSSR count). The van der Waals surface area contributed by atoms with Gasteiger partial charge < -0.3 is 47.4 Å². The lowest BCUT2D eigenvalue weighted by atomic mass is 10.1. The molecule has 0 saturated carbocycles. The first kappa shape index (κ1) is 68.8. The lowest BCUT2D eigenvalue weighted by Gasteiger charge is -2.29. The van der Waals surface area contributed by atoms with Crippen LogP contribution in [-0.2, 0) is 0 Å². The Hall–Kier alpha value is -10.6. The number of amidine groups is 3. The predicted octanol–water partition coefficient (Wildman–Crippen LogP) is 14.0. The van der Waals surface area contributed by atoms with E-state index in [9.17, 15) is 28.8 Å². The molecule has 5 heterocycles. The van der Waals surface area contributed by atoms with Crippen molar-refractivity contribution in [1.82, 2.24) is 24.8 Å². The highest BCUT2D eigenvalue weighted by Gasteiger charge is 2.25. The minimum Gasteiger partial charge on any atom is -0.384 e. The Morgan fingerprint density at radius 3 is 1.08 bits per heavy atom. The van der Waals surface area contributed by atoms with Crippen molar-refractivity contribution in [3.8, 4) is 0 Å². The van der Waals surface area contributed by atoms with Gasteiger partial charge >= 0.3 is 0 Å². The normalized spacial score (nSPS) is 13.3. The maximum absolute atomic E-state index is 12.8. The van der Waals surface area contributed by atoms with Gasteiger partial charge in [0.15, 0.2) is 0 Å². The van der Waals surface area contributed by atoms with Crippen LogP contribution in [-0.4, -0.2) is 110 Å². The molecule has 6 aromatic carbocycles. The van der Waals surface area contributed by atoms with E-state index >= 15 is 0 Å². The van der Waals surface area contributed by atoms with Crippen LogP contribution >= 0.6 is 47.8 Å². The van der Waals surface area contributed by atoms with E-state index in [1.165, 1.54) is 6.42 Å². The largest absolute Gasteiger partial charge is 0.384 e. The Kier molecular flexibility index (Phi) is 24.1. The molecule has 2 fully saturated rings. The molecule has 1 atom stereocenters. The quantitative estimate of drug-likeness (QED) is 0.0342. The molecule has 0 aliphatic carbocycles. The molecular formula is C71H66Br3N15O6. The molecule has 10 N–H and O–H groups in total. The molecular weight excluding hydrogens is 1400 g/mol. The van der Waals surface area contributed by atoms with Crippen molar-refractivity contribution in [2.45, 2.75) is 45.1 Å². The zero-order valence-corrected chi connectivity index (χ0v) is 56.4. The fraction of sp³-hybridized carbons (Fsp3) is 0.155. The maximum Gasteiger partial charge on any atom is 0.258 e. The average Bonchev–Trinajstić information content (AvgIpc) is 1.87. The second-order valence-corrected chi connectivity index (χ2v) is 24.5. The number of pyridine rings is 3. The van der Waals surface area contributed by atoms with Crippen molar-refractivity contribution in [2.24, 2.45) is 10.7 Å². The number of rotatable bonds is 15. The van der Waals surface area contributed by atoms with Crippen LogP contribution in [0.15, 0.2) is 219 Å². The number of aromatic nitrogens is 3. The van der Waals surface area contributed by atoms with Gasteiger partial charge in [-0.1, -0.05) is 72.8 Å². The number of amides is 6. The van der Waals surface area contributed by atoms with Gasteiger partial charge in [0.05, 0.1) is 33.8 Å². The van der Waals surface area contributed by atoms with Crippen LogP contribution in [0, 0.1) is 10.8 Å². The van der Waals surface area contributed by atoms with Gasteiger partial charge in [-0.25, -0.2) is 15.0 Å². The lowest BCUT2D eigenvalue weighted by Crippen LogP contribution is -2.35. The monoisotopic (exact) mass is 1460 g/mol. The smallest absolute Gasteiger partial charge is 0.258 e. The van der Waals surface area contributed by atoms with Crippen LogP contribution < -0.4 is 37.6 Å². The number of nitrogens with zero attached hydrogens (tertiary/aromatic N) is 6. The molecule has 2 aliphatic heterocycles. The van der Waals surface area contributed by atoms with Gasteiger partial charge in [0.1, 0.15) is 35.0 Å². The summed E-state index contributed by atoms with van der Waals surface area (Å²) in [6, 6.07) is 51.9. The SMILES string of the molecule is CC1CCCN1C(=N)c1ccc(C(=O)Nc2ccccc2C(=O)Nc2ccc(Br)cn2)cc1.CN=C(N)c1ccc(C(=O)Nc2ccccc2C(=O)Nc2ccc(Br)cn2)cc1.N=C(c1ccc(C(=O)Nc2ccccc2C(=O)Nc2ccc(Br)cn2)cc1)N1CCCCC1. The summed E-state index contributed by atoms with van der Waals surface area (Å²) in [5, 5.41) is 33.5. The fourth-order valence-electron chi connectivity index (χ4n) is 10.1. The third kappa shape index (κ3) is 19.1. The highest BCUT2D eigenvalue weighted by molar-refractivity contribution is 9.11. The van der Waals surface area contributed by atoms with E-state index in [0.29, 0.717) is 91.4 Å². The van der Waals surface area contributed by atoms with Crippen LogP contribution in [0.3, 0.4) is 0 Å². The van der Waals surface area contributed by atoms with Crippen molar-refractivity contribution in [1.29, 1.82) is 10.8 Å². The molecule has 9 aromatic rings. The number of piperidine rings is 1. The number of hydrogen-bond acceptors (Lipinski definition) is 12. The van der Waals surface area contributed by atoms with Gasteiger partial charge in [-0.2, -0.15) is 0 Å². The lowest BCUT2D eigenvalue weighted by molar-refractivity contribution is 0.101. The fourth-order valence-corrected chi connectivity index (χ4v) is 10.8. The topological polar surface area (TPSA) is 306 Å². The Morgan fingerprint density at radius 1 is 0.421 bits per heavy atom. The predicted molar refractivity (Wildman–Crippen MR) is 383 cm³/mol. The summed E-state index contributed by atoms with van der Waals surface area (Å²) in [6.07, 6.45) is 10.4. The molecule has 2 aliphatic rings. The Labute approximate surface area is 574 Å². The van der Waals surface area contributed by atoms with Gasteiger partial charge in [0, 0.05) is 98.1 Å². The van der Waals surface area contributed by atoms with E-state index < -0.39 is 0 Å². The molecule has 3 aromatic heterocycles. The average molecular weight is 1470 g/mol. The minimum absolute atomic E-state index is 0.324. The number of para-hydroxylation sites is 3. The summed E-state index contributed by atoms with van der Waals surface area (Å²) in [4.78, 5) is 97.0. The third-order valence-corrected chi connectivity index (χ3v) is 16.6. The standard InChI is InChI=1S/2C25H24BrN5O2.C21H18BrN5O2/c1-16-5-4-14-31(16)23(27)17-8-10-18(11-9-17)24(32)29-21-7-3-2-6-20(21)25(33)30-22-13-12-19(26)15-28-22;26-19-12-13-22(28-16-19)30-25(33)20-6-2-3-7-21(20)29-24(32)18-10-8-17(9-11-18)23(27)31-14-4-1-5-15-31;1-24-19(23)13-6-8-14(9-7-13)20(28)26-17-5-3-2-4-16(17)21(29)27-18-11-10-15(22)12-25-18/h2-3,6-13,15-16,27H,4-5,14H2,1H3,(H,29,32)(H,28,30,33);2-3,6-13,16,27H,1,4-5,14-15H2,(H,29,32)(H,28,30,33);2-12H,1H3,(H2,23,24)(H,26,28)(H,25,27,29). The molecule has 2 saturated heterocycles. The van der Waals surface area contributed by atoms with Crippen LogP contribution in [0.1, 0.15) is 118 Å². The maximum atomic E-state index is 12.8. The highest BCUT2D eigenvalue weighted by Crippen LogP contribution is 2.25. The summed E-state index contributed by atoms with van der Waals surface area (Å²) in [5.41, 5.74) is 11.6. The number of likely N-dealkylation sites (tertiary alicyclic amines) is 2. The van der Waals surface area contributed by atoms with E-state index in [1.807, 2.05) is 0 Å². The molecule has 0 spiro atoms. The Balaban J connectivity index is 0.000000168. The summed E-state index contributed by atoms with van der Waals surface area (Å²) < 4.78 is 2.43. The third-order valence-electron chi connectivity index (χ3n) is 15.2. The number of nitrogens with one attached hydrogen (secondary N) is 8.